The van der Waals surface area contributed by atoms with Crippen molar-refractivity contribution in [3.05, 3.63) is 85.1 Å². The SMILES string of the molecule is CC/C=C/C=C/C=C\C=C/CCCCCC(=O)OC(CCCCC/C=C/C=C/C=C/CCCCCCC)CC(=O)NC(CO)C(O)CCCCCCCCCCCCCCCCC. The van der Waals surface area contributed by atoms with Crippen LogP contribution in [0.4, 0.5) is 0 Å². The highest BCUT2D eigenvalue weighted by molar-refractivity contribution is 5.77. The number of esters is 1. The van der Waals surface area contributed by atoms with Crippen LogP contribution < -0.4 is 5.32 Å². The standard InChI is InChI=1S/C57H99NO5/c1-4-7-10-13-16-19-22-25-27-29-31-33-36-39-42-45-48-53(63-57(62)50-47-44-41-38-35-30-24-21-18-15-12-9-6-3)51-56(61)58-54(52-59)55(60)49-46-43-40-37-34-32-28-26-23-20-17-14-11-8-5-2/h9,12,15,18,21-22,24-25,27,29-31,33,35,53-55,59-60H,4-8,10-11,13-14,16-17,19-20,23,26,28,32,34,36-52H2,1-3H3,(H,58,61)/b12-9+,18-15+,24-21-,25-22+,29-27+,33-31+,35-30-. The maximum atomic E-state index is 13.2. The molecule has 0 spiro atoms. The van der Waals surface area contributed by atoms with Crippen molar-refractivity contribution in [2.24, 2.45) is 0 Å². The number of nitrogens with one attached hydrogen (secondary N) is 1. The van der Waals surface area contributed by atoms with Gasteiger partial charge in [0.05, 0.1) is 25.2 Å². The first-order valence-corrected chi connectivity index (χ1v) is 26.4. The summed E-state index contributed by atoms with van der Waals surface area (Å²) in [6.45, 7) is 6.31. The minimum Gasteiger partial charge on any atom is -0.462 e. The molecule has 0 aromatic carbocycles. The molecule has 6 heteroatoms. The molecular formula is C57H99NO5. The van der Waals surface area contributed by atoms with Gasteiger partial charge in [0.1, 0.15) is 6.10 Å². The zero-order valence-electron chi connectivity index (χ0n) is 41.2. The maximum absolute atomic E-state index is 13.2. The molecule has 362 valence electrons. The van der Waals surface area contributed by atoms with Gasteiger partial charge < -0.3 is 20.3 Å². The number of hydrogen-bond acceptors (Lipinski definition) is 5. The van der Waals surface area contributed by atoms with E-state index in [9.17, 15) is 19.8 Å². The number of carbonyl (C=O) groups excluding carboxylic acids is 2. The fraction of sp³-hybridized carbons (Fsp3) is 0.719. The Morgan fingerprint density at radius 2 is 0.857 bits per heavy atom. The molecule has 0 aliphatic rings. The monoisotopic (exact) mass is 878 g/mol. The highest BCUT2D eigenvalue weighted by atomic mass is 16.5. The van der Waals surface area contributed by atoms with Crippen LogP contribution in [0.1, 0.15) is 239 Å². The number of unbranched alkanes of at least 4 members (excludes halogenated alkanes) is 25. The van der Waals surface area contributed by atoms with Gasteiger partial charge in [0.15, 0.2) is 0 Å². The van der Waals surface area contributed by atoms with Crippen molar-refractivity contribution >= 4 is 11.9 Å². The molecule has 0 aliphatic carbocycles. The van der Waals surface area contributed by atoms with Gasteiger partial charge in [0.2, 0.25) is 5.91 Å². The van der Waals surface area contributed by atoms with Crippen molar-refractivity contribution < 1.29 is 24.5 Å². The zero-order valence-corrected chi connectivity index (χ0v) is 41.2. The lowest BCUT2D eigenvalue weighted by Crippen LogP contribution is -2.46. The van der Waals surface area contributed by atoms with Crippen LogP contribution >= 0.6 is 0 Å². The summed E-state index contributed by atoms with van der Waals surface area (Å²) < 4.78 is 5.90. The van der Waals surface area contributed by atoms with E-state index in [1.54, 1.807) is 0 Å². The van der Waals surface area contributed by atoms with Crippen LogP contribution in [0.5, 0.6) is 0 Å². The molecule has 1 amide bonds. The van der Waals surface area contributed by atoms with E-state index in [1.807, 2.05) is 30.4 Å². The summed E-state index contributed by atoms with van der Waals surface area (Å²) in [6, 6.07) is -0.726. The molecule has 0 rings (SSSR count). The van der Waals surface area contributed by atoms with Crippen LogP contribution in [-0.4, -0.2) is 46.9 Å². The molecule has 63 heavy (non-hydrogen) atoms. The topological polar surface area (TPSA) is 95.9 Å². The normalized spacial score (nSPS) is 13.9. The molecule has 0 fully saturated rings. The Morgan fingerprint density at radius 1 is 0.476 bits per heavy atom. The predicted octanol–water partition coefficient (Wildman–Crippen LogP) is 16.0. The number of ether oxygens (including phenoxy) is 1. The second-order valence-electron chi connectivity index (χ2n) is 17.7. The summed E-state index contributed by atoms with van der Waals surface area (Å²) in [6.07, 6.45) is 65.0. The second-order valence-corrected chi connectivity index (χ2v) is 17.7. The van der Waals surface area contributed by atoms with Gasteiger partial charge in [-0.15, -0.1) is 0 Å². The molecule has 0 saturated heterocycles. The molecular weight excluding hydrogens is 779 g/mol. The minimum atomic E-state index is -0.808. The van der Waals surface area contributed by atoms with E-state index in [0.29, 0.717) is 19.3 Å². The van der Waals surface area contributed by atoms with Gasteiger partial charge in [-0.1, -0.05) is 241 Å². The van der Waals surface area contributed by atoms with Crippen LogP contribution in [0.25, 0.3) is 0 Å². The number of hydrogen-bond donors (Lipinski definition) is 3. The molecule has 0 aromatic heterocycles. The van der Waals surface area contributed by atoms with Crippen molar-refractivity contribution in [1.29, 1.82) is 0 Å². The van der Waals surface area contributed by atoms with Gasteiger partial charge in [0.25, 0.3) is 0 Å². The molecule has 0 aromatic rings. The Kier molecular flexibility index (Phi) is 47.7. The van der Waals surface area contributed by atoms with Gasteiger partial charge in [-0.3, -0.25) is 9.59 Å². The lowest BCUT2D eigenvalue weighted by atomic mass is 10.0. The summed E-state index contributed by atoms with van der Waals surface area (Å²) in [4.78, 5) is 26.1. The van der Waals surface area contributed by atoms with E-state index in [0.717, 1.165) is 83.5 Å². The van der Waals surface area contributed by atoms with Crippen LogP contribution in [0.15, 0.2) is 85.1 Å². The van der Waals surface area contributed by atoms with Gasteiger partial charge in [-0.05, 0) is 70.6 Å². The molecule has 0 aliphatic heterocycles. The Hall–Kier alpha value is -2.96. The Labute approximate surface area is 389 Å². The van der Waals surface area contributed by atoms with Crippen molar-refractivity contribution in [1.82, 2.24) is 5.32 Å². The first kappa shape index (κ1) is 60.0. The summed E-state index contributed by atoms with van der Waals surface area (Å²) in [7, 11) is 0. The predicted molar refractivity (Wildman–Crippen MR) is 273 cm³/mol. The largest absolute Gasteiger partial charge is 0.462 e. The summed E-state index contributed by atoms with van der Waals surface area (Å²) in [5.74, 6) is -0.557. The summed E-state index contributed by atoms with van der Waals surface area (Å²) >= 11 is 0. The highest BCUT2D eigenvalue weighted by Crippen LogP contribution is 2.17. The molecule has 3 N–H and O–H groups in total. The molecule has 0 radical (unpaired) electrons. The quantitative estimate of drug-likeness (QED) is 0.0322. The average molecular weight is 878 g/mol. The fourth-order valence-electron chi connectivity index (χ4n) is 7.62. The van der Waals surface area contributed by atoms with Gasteiger partial charge >= 0.3 is 5.97 Å². The van der Waals surface area contributed by atoms with E-state index >= 15 is 0 Å². The summed E-state index contributed by atoms with van der Waals surface area (Å²) in [5, 5.41) is 23.8. The summed E-state index contributed by atoms with van der Waals surface area (Å²) in [5.41, 5.74) is 0. The van der Waals surface area contributed by atoms with E-state index < -0.39 is 18.2 Å². The second kappa shape index (κ2) is 50.0. The number of allylic oxidation sites excluding steroid dienone is 14. The van der Waals surface area contributed by atoms with E-state index in [1.165, 1.54) is 109 Å². The minimum absolute atomic E-state index is 0.0350. The molecule has 0 bridgehead atoms. The molecule has 0 saturated carbocycles. The molecule has 3 atom stereocenters. The first-order chi connectivity index (χ1) is 31.0. The van der Waals surface area contributed by atoms with E-state index in [2.05, 4.69) is 80.8 Å². The Bertz CT molecular complexity index is 1210. The molecule has 6 nitrogen and oxygen atoms in total. The Balaban J connectivity index is 4.70. The third-order valence-electron chi connectivity index (χ3n) is 11.6. The van der Waals surface area contributed by atoms with Crippen LogP contribution in [0, 0.1) is 0 Å². The number of carbonyl (C=O) groups is 2. The number of rotatable bonds is 46. The van der Waals surface area contributed by atoms with Crippen LogP contribution in [-0.2, 0) is 14.3 Å². The average Bonchev–Trinajstić information content (AvgIpc) is 3.28. The number of amides is 1. The third-order valence-corrected chi connectivity index (χ3v) is 11.6. The van der Waals surface area contributed by atoms with E-state index in [-0.39, 0.29) is 24.9 Å². The van der Waals surface area contributed by atoms with Gasteiger partial charge in [0, 0.05) is 6.42 Å². The van der Waals surface area contributed by atoms with Crippen LogP contribution in [0.2, 0.25) is 0 Å². The molecule has 3 unspecified atom stereocenters. The van der Waals surface area contributed by atoms with Gasteiger partial charge in [-0.25, -0.2) is 0 Å². The lowest BCUT2D eigenvalue weighted by Gasteiger charge is -2.24. The number of aliphatic hydroxyl groups is 2. The lowest BCUT2D eigenvalue weighted by molar-refractivity contribution is -0.151. The fourth-order valence-corrected chi connectivity index (χ4v) is 7.62. The van der Waals surface area contributed by atoms with Crippen molar-refractivity contribution in [3.63, 3.8) is 0 Å². The van der Waals surface area contributed by atoms with Crippen molar-refractivity contribution in [2.45, 2.75) is 257 Å². The van der Waals surface area contributed by atoms with Gasteiger partial charge in [-0.2, -0.15) is 0 Å². The zero-order chi connectivity index (χ0) is 45.9. The first-order valence-electron chi connectivity index (χ1n) is 26.4. The number of aliphatic hydroxyl groups excluding tert-OH is 2. The van der Waals surface area contributed by atoms with Crippen molar-refractivity contribution in [2.75, 3.05) is 6.61 Å². The third kappa shape index (κ3) is 45.4. The van der Waals surface area contributed by atoms with E-state index in [4.69, 9.17) is 4.74 Å². The van der Waals surface area contributed by atoms with Crippen LogP contribution in [0.3, 0.4) is 0 Å². The highest BCUT2D eigenvalue weighted by Gasteiger charge is 2.24. The maximum Gasteiger partial charge on any atom is 0.306 e. The Morgan fingerprint density at radius 3 is 1.32 bits per heavy atom. The van der Waals surface area contributed by atoms with Crippen molar-refractivity contribution in [3.8, 4) is 0 Å². The molecule has 0 heterocycles. The smallest absolute Gasteiger partial charge is 0.306 e.